The number of hydrogen-bond acceptors (Lipinski definition) is 8. The van der Waals surface area contributed by atoms with Crippen LogP contribution in [0.5, 0.6) is 0 Å². The SMILES string of the molecule is NCCCNC(=O)CCC(CCC(=O)CCCN)(CCC(=O)NCCCN)NC(=O)OCc1ccccc1. The molecule has 0 heterocycles. The molecule has 3 amide bonds. The van der Waals surface area contributed by atoms with Gasteiger partial charge in [-0.25, -0.2) is 4.79 Å². The zero-order valence-corrected chi connectivity index (χ0v) is 22.5. The number of nitrogens with one attached hydrogen (secondary N) is 3. The number of alkyl carbamates (subject to hydrolysis) is 1. The number of benzene rings is 1. The van der Waals surface area contributed by atoms with Gasteiger partial charge in [0.25, 0.3) is 0 Å². The number of Topliss-reactive ketones (excluding diaryl/α,β-unsaturated/α-hetero) is 1. The lowest BCUT2D eigenvalue weighted by atomic mass is 9.82. The van der Waals surface area contributed by atoms with Crippen molar-refractivity contribution in [2.45, 2.75) is 76.4 Å². The summed E-state index contributed by atoms with van der Waals surface area (Å²) in [5, 5.41) is 8.55. The highest BCUT2D eigenvalue weighted by Crippen LogP contribution is 2.27. The van der Waals surface area contributed by atoms with E-state index in [0.717, 1.165) is 5.56 Å². The second kappa shape index (κ2) is 20.0. The third-order valence-electron chi connectivity index (χ3n) is 6.19. The van der Waals surface area contributed by atoms with Gasteiger partial charge in [0.1, 0.15) is 12.4 Å². The lowest BCUT2D eigenvalue weighted by Crippen LogP contribution is -2.50. The van der Waals surface area contributed by atoms with Crippen molar-refractivity contribution in [3.8, 4) is 0 Å². The van der Waals surface area contributed by atoms with Crippen molar-refractivity contribution in [2.75, 3.05) is 32.7 Å². The summed E-state index contributed by atoms with van der Waals surface area (Å²) in [5.41, 5.74) is 16.4. The van der Waals surface area contributed by atoms with Crippen LogP contribution < -0.4 is 33.2 Å². The van der Waals surface area contributed by atoms with Gasteiger partial charge >= 0.3 is 6.09 Å². The molecule has 0 saturated carbocycles. The molecule has 1 aromatic rings. The van der Waals surface area contributed by atoms with Crippen LogP contribution in [0.3, 0.4) is 0 Å². The highest BCUT2D eigenvalue weighted by atomic mass is 16.5. The first kappa shape index (κ1) is 33.0. The first-order chi connectivity index (χ1) is 18.3. The van der Waals surface area contributed by atoms with Crippen molar-refractivity contribution in [2.24, 2.45) is 17.2 Å². The van der Waals surface area contributed by atoms with Crippen LogP contribution in [-0.4, -0.2) is 62.0 Å². The maximum absolute atomic E-state index is 12.9. The van der Waals surface area contributed by atoms with Gasteiger partial charge in [-0.3, -0.25) is 14.4 Å². The number of carbonyl (C=O) groups is 4. The van der Waals surface area contributed by atoms with E-state index in [0.29, 0.717) is 58.4 Å². The van der Waals surface area contributed by atoms with Crippen molar-refractivity contribution in [3.05, 3.63) is 35.9 Å². The topological polar surface area (TPSA) is 192 Å². The summed E-state index contributed by atoms with van der Waals surface area (Å²) in [6.07, 6.45) is 2.69. The minimum absolute atomic E-state index is 0.0130. The summed E-state index contributed by atoms with van der Waals surface area (Å²) in [7, 11) is 0. The molecule has 0 aliphatic rings. The van der Waals surface area contributed by atoms with E-state index in [1.54, 1.807) is 0 Å². The summed E-state index contributed by atoms with van der Waals surface area (Å²) in [6.45, 7) is 2.31. The van der Waals surface area contributed by atoms with Gasteiger partial charge in [0, 0.05) is 44.3 Å². The van der Waals surface area contributed by atoms with Gasteiger partial charge in [-0.2, -0.15) is 0 Å². The molecular formula is C27H46N6O5. The normalized spacial score (nSPS) is 11.0. The standard InChI is InChI=1S/C27H46N6O5/c28-16-4-9-23(34)10-13-27(14-11-24(35)31-19-5-17-29,15-12-25(36)32-20-6-18-30)33-26(37)38-21-22-7-2-1-3-8-22/h1-3,7-8H,4-6,9-21,28-30H2,(H,31,35)(H,32,36)(H,33,37). The molecule has 38 heavy (non-hydrogen) atoms. The summed E-state index contributed by atoms with van der Waals surface area (Å²) in [6, 6.07) is 9.25. The van der Waals surface area contributed by atoms with E-state index in [-0.39, 0.29) is 62.7 Å². The first-order valence-corrected chi connectivity index (χ1v) is 13.5. The first-order valence-electron chi connectivity index (χ1n) is 13.5. The second-order valence-corrected chi connectivity index (χ2v) is 9.38. The molecule has 0 atom stereocenters. The van der Waals surface area contributed by atoms with Gasteiger partial charge in [0.05, 0.1) is 0 Å². The van der Waals surface area contributed by atoms with E-state index in [9.17, 15) is 19.2 Å². The zero-order chi connectivity index (χ0) is 28.1. The fourth-order valence-corrected chi connectivity index (χ4v) is 3.88. The Morgan fingerprint density at radius 2 is 1.24 bits per heavy atom. The Labute approximate surface area is 226 Å². The Morgan fingerprint density at radius 3 is 1.76 bits per heavy atom. The molecule has 0 aliphatic heterocycles. The fourth-order valence-electron chi connectivity index (χ4n) is 3.88. The molecule has 0 unspecified atom stereocenters. The predicted molar refractivity (Wildman–Crippen MR) is 147 cm³/mol. The smallest absolute Gasteiger partial charge is 0.407 e. The highest BCUT2D eigenvalue weighted by Gasteiger charge is 2.34. The molecule has 0 aromatic heterocycles. The van der Waals surface area contributed by atoms with E-state index < -0.39 is 11.6 Å². The molecule has 1 rings (SSSR count). The Bertz CT molecular complexity index is 811. The van der Waals surface area contributed by atoms with Gasteiger partial charge in [0.2, 0.25) is 11.8 Å². The molecule has 214 valence electrons. The molecule has 0 bridgehead atoms. The van der Waals surface area contributed by atoms with Crippen molar-refractivity contribution in [1.82, 2.24) is 16.0 Å². The van der Waals surface area contributed by atoms with Crippen LogP contribution in [0.2, 0.25) is 0 Å². The number of hydrogen-bond donors (Lipinski definition) is 6. The molecule has 0 fully saturated rings. The van der Waals surface area contributed by atoms with E-state index in [1.807, 2.05) is 30.3 Å². The Hall–Kier alpha value is -3.02. The molecule has 0 spiro atoms. The van der Waals surface area contributed by atoms with Crippen molar-refractivity contribution < 1.29 is 23.9 Å². The maximum atomic E-state index is 12.9. The minimum Gasteiger partial charge on any atom is -0.445 e. The minimum atomic E-state index is -0.997. The van der Waals surface area contributed by atoms with Crippen LogP contribution >= 0.6 is 0 Å². The number of ketones is 1. The number of nitrogens with two attached hydrogens (primary N) is 3. The van der Waals surface area contributed by atoms with Crippen LogP contribution in [0.1, 0.15) is 69.8 Å². The number of rotatable bonds is 21. The number of ether oxygens (including phenoxy) is 1. The Balaban J connectivity index is 3.00. The van der Waals surface area contributed by atoms with Crippen molar-refractivity contribution >= 4 is 23.7 Å². The molecule has 9 N–H and O–H groups in total. The van der Waals surface area contributed by atoms with Gasteiger partial charge < -0.3 is 37.9 Å². The summed E-state index contributed by atoms with van der Waals surface area (Å²) in [5.74, 6) is -0.368. The molecule has 0 radical (unpaired) electrons. The van der Waals surface area contributed by atoms with E-state index in [4.69, 9.17) is 21.9 Å². The van der Waals surface area contributed by atoms with Crippen molar-refractivity contribution in [1.29, 1.82) is 0 Å². The van der Waals surface area contributed by atoms with Crippen LogP contribution in [0.15, 0.2) is 30.3 Å². The third kappa shape index (κ3) is 15.3. The van der Waals surface area contributed by atoms with Gasteiger partial charge in [-0.15, -0.1) is 0 Å². The van der Waals surface area contributed by atoms with Crippen molar-refractivity contribution in [3.63, 3.8) is 0 Å². The molecule has 1 aromatic carbocycles. The Kier molecular flexibility index (Phi) is 17.4. The second-order valence-electron chi connectivity index (χ2n) is 9.38. The van der Waals surface area contributed by atoms with Crippen LogP contribution in [0.25, 0.3) is 0 Å². The maximum Gasteiger partial charge on any atom is 0.407 e. The van der Waals surface area contributed by atoms with E-state index in [1.165, 1.54) is 0 Å². The third-order valence-corrected chi connectivity index (χ3v) is 6.19. The quantitative estimate of drug-likeness (QED) is 0.127. The number of amides is 3. The van der Waals surface area contributed by atoms with Gasteiger partial charge in [-0.1, -0.05) is 30.3 Å². The average Bonchev–Trinajstić information content (AvgIpc) is 2.92. The molecule has 11 heteroatoms. The zero-order valence-electron chi connectivity index (χ0n) is 22.5. The summed E-state index contributed by atoms with van der Waals surface area (Å²) < 4.78 is 5.45. The Morgan fingerprint density at radius 1 is 0.711 bits per heavy atom. The summed E-state index contributed by atoms with van der Waals surface area (Å²) >= 11 is 0. The van der Waals surface area contributed by atoms with Gasteiger partial charge in [-0.05, 0) is 63.7 Å². The fraction of sp³-hybridized carbons (Fsp3) is 0.630. The predicted octanol–water partition coefficient (Wildman–Crippen LogP) is 1.23. The van der Waals surface area contributed by atoms with E-state index >= 15 is 0 Å². The summed E-state index contributed by atoms with van der Waals surface area (Å²) in [4.78, 5) is 50.4. The largest absolute Gasteiger partial charge is 0.445 e. The highest BCUT2D eigenvalue weighted by molar-refractivity contribution is 5.79. The molecular weight excluding hydrogens is 488 g/mol. The van der Waals surface area contributed by atoms with Crippen LogP contribution in [0.4, 0.5) is 4.79 Å². The lowest BCUT2D eigenvalue weighted by Gasteiger charge is -2.34. The molecule has 0 saturated heterocycles. The van der Waals surface area contributed by atoms with E-state index in [2.05, 4.69) is 16.0 Å². The lowest BCUT2D eigenvalue weighted by molar-refractivity contribution is -0.121. The number of carbonyl (C=O) groups excluding carboxylic acids is 4. The van der Waals surface area contributed by atoms with Crippen LogP contribution in [-0.2, 0) is 25.7 Å². The van der Waals surface area contributed by atoms with Crippen LogP contribution in [0, 0.1) is 0 Å². The molecule has 11 nitrogen and oxygen atoms in total. The average molecular weight is 535 g/mol. The molecule has 0 aliphatic carbocycles. The van der Waals surface area contributed by atoms with Gasteiger partial charge in [0.15, 0.2) is 0 Å². The monoisotopic (exact) mass is 534 g/mol.